The summed E-state index contributed by atoms with van der Waals surface area (Å²) in [4.78, 5) is 4.21. The van der Waals surface area contributed by atoms with Crippen molar-refractivity contribution in [1.82, 2.24) is 14.8 Å². The Hall–Kier alpha value is -1.68. The predicted octanol–water partition coefficient (Wildman–Crippen LogP) is 1.27. The van der Waals surface area contributed by atoms with Gasteiger partial charge >= 0.3 is 0 Å². The van der Waals surface area contributed by atoms with Crippen LogP contribution >= 0.6 is 0 Å². The van der Waals surface area contributed by atoms with Gasteiger partial charge in [-0.1, -0.05) is 6.07 Å². The topological polar surface area (TPSA) is 50.9 Å². The molecule has 2 aromatic heterocycles. The van der Waals surface area contributed by atoms with Gasteiger partial charge in [0.1, 0.15) is 0 Å². The van der Waals surface area contributed by atoms with E-state index < -0.39 is 6.10 Å². The molecule has 0 aliphatic carbocycles. The number of hydrogen-bond donors (Lipinski definition) is 1. The van der Waals surface area contributed by atoms with Gasteiger partial charge in [0.05, 0.1) is 11.8 Å². The van der Waals surface area contributed by atoms with Gasteiger partial charge in [-0.05, 0) is 25.1 Å². The molecule has 0 bridgehead atoms. The molecule has 0 amide bonds. The number of aliphatic hydroxyl groups excluding tert-OH is 1. The van der Waals surface area contributed by atoms with Crippen molar-refractivity contribution in [3.63, 3.8) is 0 Å². The second-order valence-electron chi connectivity index (χ2n) is 4.28. The van der Waals surface area contributed by atoms with Crippen molar-refractivity contribution in [3.8, 4) is 0 Å². The molecule has 1 N–H and O–H groups in total. The Kier molecular flexibility index (Phi) is 3.54. The zero-order chi connectivity index (χ0) is 12.3. The van der Waals surface area contributed by atoms with E-state index in [2.05, 4.69) is 10.1 Å². The lowest BCUT2D eigenvalue weighted by atomic mass is 10.1. The van der Waals surface area contributed by atoms with E-state index in [0.29, 0.717) is 12.8 Å². The van der Waals surface area contributed by atoms with Gasteiger partial charge in [-0.2, -0.15) is 5.10 Å². The first-order valence-electron chi connectivity index (χ1n) is 5.72. The molecule has 1 atom stereocenters. The molecule has 0 fully saturated rings. The number of aromatic nitrogens is 3. The molecule has 4 nitrogen and oxygen atoms in total. The van der Waals surface area contributed by atoms with Gasteiger partial charge in [-0.25, -0.2) is 0 Å². The van der Waals surface area contributed by atoms with Crippen LogP contribution in [0.2, 0.25) is 0 Å². The molecular formula is C13H17N3O. The van der Waals surface area contributed by atoms with E-state index in [9.17, 15) is 5.11 Å². The summed E-state index contributed by atoms with van der Waals surface area (Å²) in [5.41, 5.74) is 2.94. The Morgan fingerprint density at radius 1 is 1.35 bits per heavy atom. The van der Waals surface area contributed by atoms with Gasteiger partial charge in [-0.3, -0.25) is 9.67 Å². The summed E-state index contributed by atoms with van der Waals surface area (Å²) >= 11 is 0. The third kappa shape index (κ3) is 3.14. The summed E-state index contributed by atoms with van der Waals surface area (Å²) in [5.74, 6) is 0. The molecule has 2 rings (SSSR count). The molecular weight excluding hydrogens is 214 g/mol. The average molecular weight is 231 g/mol. The number of aliphatic hydroxyl groups is 1. The molecule has 2 aromatic rings. The Labute approximate surface area is 101 Å². The van der Waals surface area contributed by atoms with Crippen molar-refractivity contribution >= 4 is 0 Å². The van der Waals surface area contributed by atoms with Crippen molar-refractivity contribution in [2.45, 2.75) is 25.9 Å². The third-order valence-electron chi connectivity index (χ3n) is 2.71. The summed E-state index contributed by atoms with van der Waals surface area (Å²) < 4.78 is 1.82. The zero-order valence-corrected chi connectivity index (χ0v) is 10.2. The van der Waals surface area contributed by atoms with Crippen LogP contribution in [0.3, 0.4) is 0 Å². The lowest BCUT2D eigenvalue weighted by Gasteiger charge is -2.09. The monoisotopic (exact) mass is 231 g/mol. The van der Waals surface area contributed by atoms with Crippen molar-refractivity contribution in [1.29, 1.82) is 0 Å². The summed E-state index contributed by atoms with van der Waals surface area (Å²) in [6.45, 7) is 1.95. The molecule has 4 heteroatoms. The van der Waals surface area contributed by atoms with Crippen molar-refractivity contribution < 1.29 is 5.11 Å². The summed E-state index contributed by atoms with van der Waals surface area (Å²) in [6.07, 6.45) is 2.51. The molecule has 17 heavy (non-hydrogen) atoms. The zero-order valence-electron chi connectivity index (χ0n) is 10.2. The molecule has 0 spiro atoms. The lowest BCUT2D eigenvalue weighted by Crippen LogP contribution is -2.16. The van der Waals surface area contributed by atoms with Gasteiger partial charge in [-0.15, -0.1) is 0 Å². The smallest absolute Gasteiger partial charge is 0.0650 e. The van der Waals surface area contributed by atoms with E-state index in [1.54, 1.807) is 6.20 Å². The molecule has 0 saturated carbocycles. The summed E-state index contributed by atoms with van der Waals surface area (Å²) in [7, 11) is 1.90. The van der Waals surface area contributed by atoms with E-state index in [4.69, 9.17) is 0 Å². The summed E-state index contributed by atoms with van der Waals surface area (Å²) in [5, 5.41) is 14.3. The molecule has 0 aliphatic heterocycles. The maximum atomic E-state index is 10.0. The second-order valence-corrected chi connectivity index (χ2v) is 4.28. The van der Waals surface area contributed by atoms with Crippen LogP contribution in [-0.2, 0) is 19.9 Å². The number of aryl methyl sites for hydroxylation is 2. The Morgan fingerprint density at radius 3 is 2.76 bits per heavy atom. The molecule has 90 valence electrons. The standard InChI is InChI=1S/C13H17N3O/c1-10-7-12(16(2)15-10)9-13(17)8-11-5-3-4-6-14-11/h3-7,13,17H,8-9H2,1-2H3. The number of pyridine rings is 1. The molecule has 0 radical (unpaired) electrons. The fraction of sp³-hybridized carbons (Fsp3) is 0.385. The number of rotatable bonds is 4. The van der Waals surface area contributed by atoms with Gasteiger partial charge in [0.25, 0.3) is 0 Å². The van der Waals surface area contributed by atoms with Crippen molar-refractivity contribution in [2.24, 2.45) is 7.05 Å². The fourth-order valence-corrected chi connectivity index (χ4v) is 1.93. The molecule has 2 heterocycles. The highest BCUT2D eigenvalue weighted by Crippen LogP contribution is 2.08. The maximum Gasteiger partial charge on any atom is 0.0650 e. The fourth-order valence-electron chi connectivity index (χ4n) is 1.93. The highest BCUT2D eigenvalue weighted by molar-refractivity contribution is 5.11. The first kappa shape index (κ1) is 11.8. The van der Waals surface area contributed by atoms with Gasteiger partial charge in [0.15, 0.2) is 0 Å². The average Bonchev–Trinajstić information content (AvgIpc) is 2.58. The molecule has 0 aromatic carbocycles. The van der Waals surface area contributed by atoms with E-state index >= 15 is 0 Å². The molecule has 0 saturated heterocycles. The summed E-state index contributed by atoms with van der Waals surface area (Å²) in [6, 6.07) is 7.74. The minimum Gasteiger partial charge on any atom is -0.392 e. The van der Waals surface area contributed by atoms with Crippen LogP contribution in [-0.4, -0.2) is 26.0 Å². The quantitative estimate of drug-likeness (QED) is 0.862. The first-order chi connectivity index (χ1) is 8.15. The normalized spacial score (nSPS) is 12.6. The lowest BCUT2D eigenvalue weighted by molar-refractivity contribution is 0.171. The van der Waals surface area contributed by atoms with E-state index in [1.807, 2.05) is 42.9 Å². The Bertz CT molecular complexity index is 479. The van der Waals surface area contributed by atoms with Crippen molar-refractivity contribution in [3.05, 3.63) is 47.5 Å². The van der Waals surface area contributed by atoms with E-state index in [-0.39, 0.29) is 0 Å². The first-order valence-corrected chi connectivity index (χ1v) is 5.72. The van der Waals surface area contributed by atoms with Gasteiger partial charge in [0, 0.05) is 37.5 Å². The van der Waals surface area contributed by atoms with Crippen LogP contribution in [0.1, 0.15) is 17.1 Å². The largest absolute Gasteiger partial charge is 0.392 e. The minimum absolute atomic E-state index is 0.417. The highest BCUT2D eigenvalue weighted by Gasteiger charge is 2.10. The number of hydrogen-bond acceptors (Lipinski definition) is 3. The van der Waals surface area contributed by atoms with Crippen molar-refractivity contribution in [2.75, 3.05) is 0 Å². The van der Waals surface area contributed by atoms with Crippen LogP contribution in [0.5, 0.6) is 0 Å². The maximum absolute atomic E-state index is 10.0. The van der Waals surface area contributed by atoms with Crippen LogP contribution in [0.15, 0.2) is 30.5 Å². The minimum atomic E-state index is -0.417. The highest BCUT2D eigenvalue weighted by atomic mass is 16.3. The Balaban J connectivity index is 1.98. The van der Waals surface area contributed by atoms with E-state index in [0.717, 1.165) is 17.1 Å². The van der Waals surface area contributed by atoms with Crippen LogP contribution in [0.4, 0.5) is 0 Å². The van der Waals surface area contributed by atoms with E-state index in [1.165, 1.54) is 0 Å². The second kappa shape index (κ2) is 5.10. The van der Waals surface area contributed by atoms with Crippen LogP contribution in [0, 0.1) is 6.92 Å². The predicted molar refractivity (Wildman–Crippen MR) is 65.6 cm³/mol. The van der Waals surface area contributed by atoms with Crippen LogP contribution < -0.4 is 0 Å². The van der Waals surface area contributed by atoms with Crippen LogP contribution in [0.25, 0.3) is 0 Å². The SMILES string of the molecule is Cc1cc(CC(O)Cc2ccccn2)n(C)n1. The third-order valence-corrected chi connectivity index (χ3v) is 2.71. The molecule has 0 aliphatic rings. The van der Waals surface area contributed by atoms with Gasteiger partial charge < -0.3 is 5.11 Å². The Morgan fingerprint density at radius 2 is 2.18 bits per heavy atom. The molecule has 1 unspecified atom stereocenters. The van der Waals surface area contributed by atoms with Gasteiger partial charge in [0.2, 0.25) is 0 Å². The number of nitrogens with zero attached hydrogens (tertiary/aromatic N) is 3.